The maximum absolute atomic E-state index is 3.70. The molecular weight excluding hydrogens is 458 g/mol. The Morgan fingerprint density at radius 1 is 0.553 bits per heavy atom. The number of anilines is 2. The van der Waals surface area contributed by atoms with Gasteiger partial charge in [-0.15, -0.1) is 0 Å². The van der Waals surface area contributed by atoms with E-state index in [2.05, 4.69) is 151 Å². The molecule has 2 aliphatic rings. The lowest BCUT2D eigenvalue weighted by Crippen LogP contribution is -2.30. The molecule has 182 valence electrons. The summed E-state index contributed by atoms with van der Waals surface area (Å²) < 4.78 is 0. The van der Waals surface area contributed by atoms with Crippen LogP contribution in [0.1, 0.15) is 29.5 Å². The zero-order chi connectivity index (χ0) is 25.4. The summed E-state index contributed by atoms with van der Waals surface area (Å²) in [6.45, 7) is 0. The molecule has 2 aliphatic carbocycles. The van der Waals surface area contributed by atoms with Crippen LogP contribution in [0.4, 0.5) is 11.4 Å². The van der Waals surface area contributed by atoms with Gasteiger partial charge in [-0.05, 0) is 76.1 Å². The summed E-state index contributed by atoms with van der Waals surface area (Å²) in [4.78, 5) is 0. The third-order valence-corrected chi connectivity index (χ3v) is 8.03. The van der Waals surface area contributed by atoms with Gasteiger partial charge in [-0.1, -0.05) is 127 Å². The maximum Gasteiger partial charge on any atom is 0.0677 e. The molecule has 0 saturated heterocycles. The smallest absolute Gasteiger partial charge is 0.0677 e. The van der Waals surface area contributed by atoms with Gasteiger partial charge >= 0.3 is 0 Å². The predicted molar refractivity (Wildman–Crippen MR) is 160 cm³/mol. The van der Waals surface area contributed by atoms with Gasteiger partial charge in [0.25, 0.3) is 0 Å². The van der Waals surface area contributed by atoms with Gasteiger partial charge in [0.2, 0.25) is 0 Å². The number of hydrogen-bond acceptors (Lipinski definition) is 1. The Labute approximate surface area is 224 Å². The van der Waals surface area contributed by atoms with Crippen molar-refractivity contribution in [2.24, 2.45) is 0 Å². The van der Waals surface area contributed by atoms with Gasteiger partial charge < -0.3 is 5.32 Å². The molecule has 0 spiro atoms. The second kappa shape index (κ2) is 9.36. The van der Waals surface area contributed by atoms with Crippen LogP contribution in [0.5, 0.6) is 0 Å². The summed E-state index contributed by atoms with van der Waals surface area (Å²) in [6.07, 6.45) is 8.99. The van der Waals surface area contributed by atoms with Crippen LogP contribution in [0.3, 0.4) is 0 Å². The average Bonchev–Trinajstić information content (AvgIpc) is 3.29. The second-order valence-electron chi connectivity index (χ2n) is 10.1. The highest BCUT2D eigenvalue weighted by molar-refractivity contribution is 5.88. The highest BCUT2D eigenvalue weighted by Crippen LogP contribution is 2.58. The maximum atomic E-state index is 3.70. The Morgan fingerprint density at radius 3 is 1.97 bits per heavy atom. The molecule has 0 radical (unpaired) electrons. The highest BCUT2D eigenvalue weighted by Gasteiger charge is 2.47. The van der Waals surface area contributed by atoms with Crippen LogP contribution in [-0.4, -0.2) is 0 Å². The van der Waals surface area contributed by atoms with E-state index < -0.39 is 0 Å². The van der Waals surface area contributed by atoms with Crippen molar-refractivity contribution in [2.45, 2.75) is 18.3 Å². The fourth-order valence-electron chi connectivity index (χ4n) is 6.35. The number of nitrogens with one attached hydrogen (secondary N) is 1. The molecule has 0 aliphatic heterocycles. The summed E-state index contributed by atoms with van der Waals surface area (Å²) in [6, 6.07) is 46.2. The van der Waals surface area contributed by atoms with Crippen molar-refractivity contribution in [1.82, 2.24) is 0 Å². The van der Waals surface area contributed by atoms with Gasteiger partial charge in [-0.2, -0.15) is 0 Å². The van der Waals surface area contributed by atoms with E-state index >= 15 is 0 Å². The van der Waals surface area contributed by atoms with Gasteiger partial charge in [0.05, 0.1) is 5.41 Å². The van der Waals surface area contributed by atoms with Crippen LogP contribution < -0.4 is 5.32 Å². The average molecular weight is 488 g/mol. The normalized spacial score (nSPS) is 17.4. The van der Waals surface area contributed by atoms with Gasteiger partial charge in [-0.3, -0.25) is 0 Å². The van der Waals surface area contributed by atoms with Crippen molar-refractivity contribution in [3.05, 3.63) is 168 Å². The van der Waals surface area contributed by atoms with E-state index in [-0.39, 0.29) is 5.41 Å². The molecule has 1 heteroatoms. The van der Waals surface area contributed by atoms with E-state index in [0.29, 0.717) is 0 Å². The standard InChI is InChI=1S/C37H29N/c1-4-12-27(13-5-1)28-20-22-31(23-21-28)38-32-24-25-34-33-18-10-11-19-35(33)37(36(34)26-32,29-14-6-2-7-15-29)30-16-8-3-9-17-30/h1-8,10-16,18-26,38H,9,17H2. The zero-order valence-electron chi connectivity index (χ0n) is 21.3. The Kier molecular flexibility index (Phi) is 5.56. The van der Waals surface area contributed by atoms with E-state index in [0.717, 1.165) is 24.2 Å². The molecule has 1 N–H and O–H groups in total. The first kappa shape index (κ1) is 22.6. The topological polar surface area (TPSA) is 12.0 Å². The van der Waals surface area contributed by atoms with Crippen LogP contribution in [0.2, 0.25) is 0 Å². The van der Waals surface area contributed by atoms with E-state index in [1.165, 1.54) is 44.5 Å². The Morgan fingerprint density at radius 2 is 1.21 bits per heavy atom. The molecule has 38 heavy (non-hydrogen) atoms. The molecule has 5 aromatic rings. The minimum atomic E-state index is -0.299. The first-order valence-electron chi connectivity index (χ1n) is 13.4. The minimum absolute atomic E-state index is 0.299. The van der Waals surface area contributed by atoms with Crippen molar-refractivity contribution >= 4 is 11.4 Å². The van der Waals surface area contributed by atoms with Crippen LogP contribution in [0.25, 0.3) is 22.3 Å². The lowest BCUT2D eigenvalue weighted by atomic mass is 9.65. The van der Waals surface area contributed by atoms with E-state index in [9.17, 15) is 0 Å². The molecule has 0 amide bonds. The number of rotatable bonds is 5. The molecule has 0 aromatic heterocycles. The Bertz CT molecular complexity index is 1660. The Balaban J connectivity index is 1.35. The second-order valence-corrected chi connectivity index (χ2v) is 10.1. The molecule has 0 heterocycles. The van der Waals surface area contributed by atoms with Crippen LogP contribution in [-0.2, 0) is 5.41 Å². The first-order chi connectivity index (χ1) is 18.8. The molecule has 7 rings (SSSR count). The van der Waals surface area contributed by atoms with Gasteiger partial charge in [0.1, 0.15) is 0 Å². The van der Waals surface area contributed by atoms with E-state index in [4.69, 9.17) is 0 Å². The first-order valence-corrected chi connectivity index (χ1v) is 13.4. The van der Waals surface area contributed by atoms with Crippen LogP contribution in [0, 0.1) is 0 Å². The monoisotopic (exact) mass is 487 g/mol. The molecule has 0 bridgehead atoms. The molecule has 0 saturated carbocycles. The van der Waals surface area contributed by atoms with E-state index in [1.807, 2.05) is 0 Å². The summed E-state index contributed by atoms with van der Waals surface area (Å²) in [5, 5.41) is 3.70. The van der Waals surface area contributed by atoms with E-state index in [1.54, 1.807) is 0 Å². The third-order valence-electron chi connectivity index (χ3n) is 8.03. The highest BCUT2D eigenvalue weighted by atomic mass is 14.9. The number of allylic oxidation sites excluding steroid dienone is 4. The van der Waals surface area contributed by atoms with Crippen molar-refractivity contribution in [1.29, 1.82) is 0 Å². The SMILES string of the molecule is C1=CCCC(C2(c3ccccc3)c3ccccc3-c3ccc(Nc4ccc(-c5ccccc5)cc4)cc32)=C1. The summed E-state index contributed by atoms with van der Waals surface area (Å²) in [7, 11) is 0. The van der Waals surface area contributed by atoms with Gasteiger partial charge in [0.15, 0.2) is 0 Å². The fourth-order valence-corrected chi connectivity index (χ4v) is 6.35. The zero-order valence-corrected chi connectivity index (χ0v) is 21.3. The Hall–Kier alpha value is -4.62. The fraction of sp³-hybridized carbons (Fsp3) is 0.0811. The lowest BCUT2D eigenvalue weighted by Gasteiger charge is -2.36. The molecule has 0 fully saturated rings. The summed E-state index contributed by atoms with van der Waals surface area (Å²) in [5.74, 6) is 0. The molecule has 1 nitrogen and oxygen atoms in total. The molecule has 1 unspecified atom stereocenters. The quantitative estimate of drug-likeness (QED) is 0.260. The van der Waals surface area contributed by atoms with Crippen molar-refractivity contribution < 1.29 is 0 Å². The number of fused-ring (bicyclic) bond motifs is 3. The molecular formula is C37H29N. The number of benzene rings is 5. The molecule has 1 atom stereocenters. The van der Waals surface area contributed by atoms with Crippen LogP contribution >= 0.6 is 0 Å². The van der Waals surface area contributed by atoms with Crippen molar-refractivity contribution in [3.8, 4) is 22.3 Å². The minimum Gasteiger partial charge on any atom is -0.356 e. The van der Waals surface area contributed by atoms with Crippen molar-refractivity contribution in [2.75, 3.05) is 5.32 Å². The third kappa shape index (κ3) is 3.63. The van der Waals surface area contributed by atoms with Gasteiger partial charge in [0, 0.05) is 11.4 Å². The largest absolute Gasteiger partial charge is 0.356 e. The summed E-state index contributed by atoms with van der Waals surface area (Å²) in [5.41, 5.74) is 12.5. The predicted octanol–water partition coefficient (Wildman–Crippen LogP) is 9.69. The summed E-state index contributed by atoms with van der Waals surface area (Å²) >= 11 is 0. The lowest BCUT2D eigenvalue weighted by molar-refractivity contribution is 0.693. The number of hydrogen-bond donors (Lipinski definition) is 1. The molecule has 5 aromatic carbocycles. The van der Waals surface area contributed by atoms with Gasteiger partial charge in [-0.25, -0.2) is 0 Å². The van der Waals surface area contributed by atoms with Crippen LogP contribution in [0.15, 0.2) is 151 Å². The van der Waals surface area contributed by atoms with Crippen molar-refractivity contribution in [3.63, 3.8) is 0 Å².